The third kappa shape index (κ3) is 4.78. The predicted octanol–water partition coefficient (Wildman–Crippen LogP) is 3.97. The summed E-state index contributed by atoms with van der Waals surface area (Å²) in [4.78, 5) is 14.7. The van der Waals surface area contributed by atoms with Gasteiger partial charge in [-0.3, -0.25) is 9.69 Å². The maximum Gasteiger partial charge on any atom is 0.252 e. The van der Waals surface area contributed by atoms with Crippen LogP contribution in [0.2, 0.25) is 0 Å². The van der Waals surface area contributed by atoms with Crippen LogP contribution in [0.4, 0.5) is 4.39 Å². The average molecular weight is 371 g/mol. The fraction of sp³-hybridized carbons (Fsp3) is 0.588. The van der Waals surface area contributed by atoms with Crippen LogP contribution < -0.4 is 5.32 Å². The molecule has 122 valence electrons. The number of piperidine rings is 1. The van der Waals surface area contributed by atoms with Gasteiger partial charge in [-0.05, 0) is 66.5 Å². The van der Waals surface area contributed by atoms with Crippen LogP contribution in [0, 0.1) is 5.82 Å². The monoisotopic (exact) mass is 370 g/mol. The second kappa shape index (κ2) is 8.63. The molecule has 1 fully saturated rings. The lowest BCUT2D eigenvalue weighted by Crippen LogP contribution is -2.47. The van der Waals surface area contributed by atoms with Gasteiger partial charge in [0.25, 0.3) is 5.91 Å². The number of hydrogen-bond acceptors (Lipinski definition) is 2. The fourth-order valence-electron chi connectivity index (χ4n) is 2.92. The van der Waals surface area contributed by atoms with E-state index < -0.39 is 5.82 Å². The van der Waals surface area contributed by atoms with Crippen LogP contribution in [0.15, 0.2) is 22.7 Å². The zero-order chi connectivity index (χ0) is 15.9. The first-order chi connectivity index (χ1) is 10.6. The van der Waals surface area contributed by atoms with E-state index in [1.54, 1.807) is 6.07 Å². The van der Waals surface area contributed by atoms with E-state index in [0.717, 1.165) is 19.5 Å². The van der Waals surface area contributed by atoms with Crippen LogP contribution in [-0.4, -0.2) is 36.5 Å². The summed E-state index contributed by atoms with van der Waals surface area (Å²) in [5.41, 5.74) is 0.357. The zero-order valence-corrected chi connectivity index (χ0v) is 14.7. The van der Waals surface area contributed by atoms with Gasteiger partial charge in [-0.15, -0.1) is 0 Å². The van der Waals surface area contributed by atoms with E-state index >= 15 is 0 Å². The highest BCUT2D eigenvalue weighted by atomic mass is 79.9. The van der Waals surface area contributed by atoms with Crippen molar-refractivity contribution < 1.29 is 9.18 Å². The molecule has 1 N–H and O–H groups in total. The first-order valence-corrected chi connectivity index (χ1v) is 8.88. The number of carbonyl (C=O) groups is 1. The highest BCUT2D eigenvalue weighted by molar-refractivity contribution is 9.10. The quantitative estimate of drug-likeness (QED) is 0.821. The minimum absolute atomic E-state index is 0.215. The fourth-order valence-corrected chi connectivity index (χ4v) is 3.35. The Morgan fingerprint density at radius 3 is 3.05 bits per heavy atom. The predicted molar refractivity (Wildman–Crippen MR) is 90.6 cm³/mol. The van der Waals surface area contributed by atoms with E-state index in [1.807, 2.05) is 0 Å². The maximum atomic E-state index is 13.3. The molecular formula is C17H24BrFN2O. The molecule has 3 nitrogen and oxygen atoms in total. The van der Waals surface area contributed by atoms with Crippen molar-refractivity contribution >= 4 is 21.8 Å². The van der Waals surface area contributed by atoms with E-state index in [2.05, 4.69) is 33.1 Å². The third-order valence-corrected chi connectivity index (χ3v) is 4.91. The second-order valence-electron chi connectivity index (χ2n) is 5.87. The number of nitrogens with zero attached hydrogens (tertiary/aromatic N) is 1. The van der Waals surface area contributed by atoms with Crippen molar-refractivity contribution in [2.45, 2.75) is 45.1 Å². The molecule has 1 atom stereocenters. The first-order valence-electron chi connectivity index (χ1n) is 8.09. The molecule has 5 heteroatoms. The number of rotatable bonds is 6. The number of benzene rings is 1. The Hall–Kier alpha value is -0.940. The van der Waals surface area contributed by atoms with Gasteiger partial charge in [0.05, 0.1) is 5.56 Å². The lowest BCUT2D eigenvalue weighted by Gasteiger charge is -2.35. The maximum absolute atomic E-state index is 13.3. The lowest BCUT2D eigenvalue weighted by atomic mass is 10.0. The summed E-state index contributed by atoms with van der Waals surface area (Å²) in [7, 11) is 0. The zero-order valence-electron chi connectivity index (χ0n) is 13.1. The van der Waals surface area contributed by atoms with Crippen LogP contribution in [-0.2, 0) is 0 Å². The molecule has 1 aliphatic heterocycles. The van der Waals surface area contributed by atoms with Crippen LogP contribution in [0.1, 0.15) is 49.4 Å². The van der Waals surface area contributed by atoms with Gasteiger partial charge in [-0.1, -0.05) is 19.8 Å². The van der Waals surface area contributed by atoms with Gasteiger partial charge in [0, 0.05) is 17.1 Å². The molecular weight excluding hydrogens is 347 g/mol. The summed E-state index contributed by atoms with van der Waals surface area (Å²) >= 11 is 3.31. The Balaban J connectivity index is 1.92. The topological polar surface area (TPSA) is 32.3 Å². The summed E-state index contributed by atoms with van der Waals surface area (Å²) < 4.78 is 13.9. The summed E-state index contributed by atoms with van der Waals surface area (Å²) in [5.74, 6) is -0.608. The molecule has 2 rings (SSSR count). The highest BCUT2D eigenvalue weighted by Gasteiger charge is 2.22. The van der Waals surface area contributed by atoms with Crippen molar-refractivity contribution in [1.82, 2.24) is 10.2 Å². The highest BCUT2D eigenvalue weighted by Crippen LogP contribution is 2.19. The molecule has 0 aliphatic carbocycles. The number of likely N-dealkylation sites (tertiary alicyclic amines) is 1. The van der Waals surface area contributed by atoms with Crippen molar-refractivity contribution in [3.63, 3.8) is 0 Å². The summed E-state index contributed by atoms with van der Waals surface area (Å²) in [5, 5.41) is 2.97. The van der Waals surface area contributed by atoms with Gasteiger partial charge >= 0.3 is 0 Å². The third-order valence-electron chi connectivity index (χ3n) is 4.22. The minimum atomic E-state index is -0.393. The molecule has 1 heterocycles. The molecule has 1 saturated heterocycles. The van der Waals surface area contributed by atoms with E-state index in [4.69, 9.17) is 0 Å². The molecule has 1 aromatic carbocycles. The largest absolute Gasteiger partial charge is 0.350 e. The number of nitrogens with one attached hydrogen (secondary N) is 1. The first kappa shape index (κ1) is 17.4. The van der Waals surface area contributed by atoms with E-state index in [0.29, 0.717) is 22.6 Å². The molecule has 0 saturated carbocycles. The van der Waals surface area contributed by atoms with Gasteiger partial charge in [-0.2, -0.15) is 0 Å². The lowest BCUT2D eigenvalue weighted by molar-refractivity contribution is 0.0911. The molecule has 1 aliphatic rings. The van der Waals surface area contributed by atoms with Crippen LogP contribution >= 0.6 is 15.9 Å². The Morgan fingerprint density at radius 2 is 2.27 bits per heavy atom. The molecule has 0 bridgehead atoms. The average Bonchev–Trinajstić information content (AvgIpc) is 2.53. The van der Waals surface area contributed by atoms with Crippen LogP contribution in [0.25, 0.3) is 0 Å². The number of halogens is 2. The van der Waals surface area contributed by atoms with Crippen molar-refractivity contribution in [2.75, 3.05) is 19.6 Å². The summed E-state index contributed by atoms with van der Waals surface area (Å²) in [6.45, 7) is 5.04. The Labute approximate surface area is 140 Å². The molecule has 0 radical (unpaired) electrons. The number of amides is 1. The summed E-state index contributed by atoms with van der Waals surface area (Å²) in [6, 6.07) is 4.58. The Morgan fingerprint density at radius 1 is 1.45 bits per heavy atom. The van der Waals surface area contributed by atoms with Crippen LogP contribution in [0.3, 0.4) is 0 Å². The minimum Gasteiger partial charge on any atom is -0.350 e. The van der Waals surface area contributed by atoms with Crippen molar-refractivity contribution in [3.8, 4) is 0 Å². The van der Waals surface area contributed by atoms with E-state index in [-0.39, 0.29) is 5.91 Å². The van der Waals surface area contributed by atoms with Crippen molar-refractivity contribution in [2.24, 2.45) is 0 Å². The molecule has 0 aromatic heterocycles. The second-order valence-corrected chi connectivity index (χ2v) is 6.73. The molecule has 1 aromatic rings. The number of carbonyl (C=O) groups excluding carboxylic acids is 1. The van der Waals surface area contributed by atoms with Crippen molar-refractivity contribution in [3.05, 3.63) is 34.1 Å². The van der Waals surface area contributed by atoms with E-state index in [9.17, 15) is 9.18 Å². The van der Waals surface area contributed by atoms with Gasteiger partial charge in [0.2, 0.25) is 0 Å². The SMILES string of the molecule is CCCCN1CCCCC1CNC(=O)c1cc(F)ccc1Br. The van der Waals surface area contributed by atoms with Crippen LogP contribution in [0.5, 0.6) is 0 Å². The molecule has 0 spiro atoms. The smallest absolute Gasteiger partial charge is 0.252 e. The molecule has 1 amide bonds. The van der Waals surface area contributed by atoms with Gasteiger partial charge < -0.3 is 5.32 Å². The number of unbranched alkanes of at least 4 members (excludes halogenated alkanes) is 1. The molecule has 1 unspecified atom stereocenters. The molecule has 22 heavy (non-hydrogen) atoms. The Kier molecular flexibility index (Phi) is 6.83. The van der Waals surface area contributed by atoms with Gasteiger partial charge in [0.1, 0.15) is 5.82 Å². The van der Waals surface area contributed by atoms with Gasteiger partial charge in [-0.25, -0.2) is 4.39 Å². The number of hydrogen-bond donors (Lipinski definition) is 1. The van der Waals surface area contributed by atoms with Gasteiger partial charge in [0.15, 0.2) is 0 Å². The van der Waals surface area contributed by atoms with E-state index in [1.165, 1.54) is 37.8 Å². The Bertz CT molecular complexity index is 509. The normalized spacial score (nSPS) is 19.1. The van der Waals surface area contributed by atoms with Crippen molar-refractivity contribution in [1.29, 1.82) is 0 Å². The summed E-state index contributed by atoms with van der Waals surface area (Å²) in [6.07, 6.45) is 5.95. The standard InChI is InChI=1S/C17H24BrFN2O/c1-2-3-9-21-10-5-4-6-14(21)12-20-17(22)15-11-13(19)7-8-16(15)18/h7-8,11,14H,2-6,9-10,12H2,1H3,(H,20,22).